The maximum atomic E-state index is 13.2. The molecule has 1 aliphatic rings. The zero-order valence-electron chi connectivity index (χ0n) is 19.1. The third-order valence-corrected chi connectivity index (χ3v) is 9.17. The lowest BCUT2D eigenvalue weighted by atomic mass is 9.86. The van der Waals surface area contributed by atoms with E-state index in [1.165, 1.54) is 12.1 Å². The molecule has 1 heterocycles. The number of ether oxygens (including phenoxy) is 1. The Kier molecular flexibility index (Phi) is 9.45. The van der Waals surface area contributed by atoms with Gasteiger partial charge in [-0.3, -0.25) is 10.1 Å². The summed E-state index contributed by atoms with van der Waals surface area (Å²) in [4.78, 5) is 29.5. The number of anilines is 1. The second-order valence-corrected chi connectivity index (χ2v) is 12.1. The smallest absolute Gasteiger partial charge is 0.323 e. The molecule has 35 heavy (non-hydrogen) atoms. The minimum Gasteiger partial charge on any atom is -0.480 e. The molecule has 1 aromatic heterocycles. The molecular formula is C22H27ClFN3O6S2. The highest BCUT2D eigenvalue weighted by Gasteiger charge is 2.29. The summed E-state index contributed by atoms with van der Waals surface area (Å²) in [7, 11) is -4.03. The molecule has 0 atom stereocenters. The number of carbonyl (C=O) groups excluding carboxylic acids is 1. The maximum Gasteiger partial charge on any atom is 0.323 e. The summed E-state index contributed by atoms with van der Waals surface area (Å²) in [5.41, 5.74) is 0.633. The molecule has 0 unspecified atom stereocenters. The quantitative estimate of drug-likeness (QED) is 0.421. The summed E-state index contributed by atoms with van der Waals surface area (Å²) in [6, 6.07) is 3.60. The normalized spacial score (nSPS) is 18.3. The minimum absolute atomic E-state index is 0.0145. The monoisotopic (exact) mass is 547 g/mol. The van der Waals surface area contributed by atoms with E-state index in [1.807, 2.05) is 0 Å². The van der Waals surface area contributed by atoms with Crippen molar-refractivity contribution in [2.45, 2.75) is 49.5 Å². The molecule has 9 nitrogen and oxygen atoms in total. The SMILES string of the molecule is CC1CCC(N(CCOCc2ccc(F)cc2Cl)C(=O)Nc2ncc(S(=O)(=O)CC(=O)O)s2)CC1. The molecule has 1 aliphatic carbocycles. The van der Waals surface area contributed by atoms with E-state index in [0.29, 0.717) is 22.8 Å². The molecule has 3 rings (SSSR count). The predicted molar refractivity (Wildman–Crippen MR) is 130 cm³/mol. The van der Waals surface area contributed by atoms with Gasteiger partial charge in [-0.1, -0.05) is 35.9 Å². The van der Waals surface area contributed by atoms with E-state index in [2.05, 4.69) is 17.2 Å². The molecule has 13 heteroatoms. The maximum absolute atomic E-state index is 13.2. The van der Waals surface area contributed by atoms with Gasteiger partial charge in [0, 0.05) is 17.6 Å². The van der Waals surface area contributed by atoms with Crippen molar-refractivity contribution in [1.29, 1.82) is 0 Å². The first-order chi connectivity index (χ1) is 16.5. The number of benzene rings is 1. The van der Waals surface area contributed by atoms with Gasteiger partial charge in [0.05, 0.1) is 19.4 Å². The first-order valence-corrected chi connectivity index (χ1v) is 13.9. The number of aromatic nitrogens is 1. The zero-order valence-corrected chi connectivity index (χ0v) is 21.5. The van der Waals surface area contributed by atoms with E-state index in [0.717, 1.165) is 31.9 Å². The van der Waals surface area contributed by atoms with Gasteiger partial charge in [-0.2, -0.15) is 0 Å². The van der Waals surface area contributed by atoms with Crippen molar-refractivity contribution in [2.24, 2.45) is 5.92 Å². The number of thiazole rings is 1. The van der Waals surface area contributed by atoms with Crippen LogP contribution >= 0.6 is 22.9 Å². The van der Waals surface area contributed by atoms with E-state index < -0.39 is 33.4 Å². The third-order valence-electron chi connectivity index (χ3n) is 5.75. The molecule has 2 N–H and O–H groups in total. The van der Waals surface area contributed by atoms with E-state index in [9.17, 15) is 22.4 Å². The van der Waals surface area contributed by atoms with E-state index >= 15 is 0 Å². The van der Waals surface area contributed by atoms with E-state index in [1.54, 1.807) is 11.0 Å². The second kappa shape index (κ2) is 12.1. The number of urea groups is 1. The van der Waals surface area contributed by atoms with Gasteiger partial charge in [0.25, 0.3) is 0 Å². The molecule has 0 aliphatic heterocycles. The Morgan fingerprint density at radius 3 is 2.69 bits per heavy atom. The highest BCUT2D eigenvalue weighted by Crippen LogP contribution is 2.29. The Morgan fingerprint density at radius 1 is 1.31 bits per heavy atom. The van der Waals surface area contributed by atoms with Crippen LogP contribution in [0.1, 0.15) is 38.2 Å². The molecule has 2 amide bonds. The third kappa shape index (κ3) is 7.86. The fourth-order valence-corrected chi connectivity index (χ4v) is 6.21. The number of halogens is 2. The van der Waals surface area contributed by atoms with Gasteiger partial charge in [0.1, 0.15) is 10.0 Å². The molecular weight excluding hydrogens is 521 g/mol. The molecule has 0 saturated heterocycles. The van der Waals surface area contributed by atoms with Gasteiger partial charge < -0.3 is 14.7 Å². The number of hydrogen-bond acceptors (Lipinski definition) is 7. The number of nitrogens with zero attached hydrogens (tertiary/aromatic N) is 2. The summed E-state index contributed by atoms with van der Waals surface area (Å²) in [5, 5.41) is 11.8. The van der Waals surface area contributed by atoms with Crippen LogP contribution in [0, 0.1) is 11.7 Å². The Balaban J connectivity index is 1.64. The Bertz CT molecular complexity index is 1150. The lowest BCUT2D eigenvalue weighted by Crippen LogP contribution is -2.46. The van der Waals surface area contributed by atoms with Crippen molar-refractivity contribution in [3.63, 3.8) is 0 Å². The topological polar surface area (TPSA) is 126 Å². The van der Waals surface area contributed by atoms with Crippen LogP contribution < -0.4 is 5.32 Å². The first-order valence-electron chi connectivity index (χ1n) is 11.0. The van der Waals surface area contributed by atoms with Crippen molar-refractivity contribution in [2.75, 3.05) is 24.2 Å². The summed E-state index contributed by atoms with van der Waals surface area (Å²) >= 11 is 6.74. The van der Waals surface area contributed by atoms with Crippen LogP contribution in [0.4, 0.5) is 14.3 Å². The van der Waals surface area contributed by atoms with Gasteiger partial charge >= 0.3 is 12.0 Å². The van der Waals surface area contributed by atoms with Crippen molar-refractivity contribution in [3.05, 3.63) is 40.8 Å². The van der Waals surface area contributed by atoms with Gasteiger partial charge in [0.2, 0.25) is 0 Å². The zero-order chi connectivity index (χ0) is 25.6. The van der Waals surface area contributed by atoms with Gasteiger partial charge in [0.15, 0.2) is 20.7 Å². The second-order valence-electron chi connectivity index (χ2n) is 8.46. The summed E-state index contributed by atoms with van der Waals surface area (Å²) in [6.45, 7) is 2.82. The lowest BCUT2D eigenvalue weighted by Gasteiger charge is -2.36. The Morgan fingerprint density at radius 2 is 2.03 bits per heavy atom. The van der Waals surface area contributed by atoms with Crippen molar-refractivity contribution in [3.8, 4) is 0 Å². The highest BCUT2D eigenvalue weighted by atomic mass is 35.5. The van der Waals surface area contributed by atoms with Gasteiger partial charge in [-0.05, 0) is 49.3 Å². The molecule has 1 saturated carbocycles. The fraction of sp³-hybridized carbons (Fsp3) is 0.500. The number of carboxylic acid groups (broad SMARTS) is 1. The van der Waals surface area contributed by atoms with Crippen LogP contribution in [0.2, 0.25) is 5.02 Å². The summed E-state index contributed by atoms with van der Waals surface area (Å²) in [5.74, 6) is -2.38. The molecule has 1 aromatic carbocycles. The number of sulfone groups is 1. The number of rotatable bonds is 10. The summed E-state index contributed by atoms with van der Waals surface area (Å²) in [6.07, 6.45) is 4.66. The minimum atomic E-state index is -4.03. The van der Waals surface area contributed by atoms with Crippen LogP contribution in [0.3, 0.4) is 0 Å². The highest BCUT2D eigenvalue weighted by molar-refractivity contribution is 7.94. The molecule has 1 fully saturated rings. The van der Waals surface area contributed by atoms with E-state index in [-0.39, 0.29) is 40.2 Å². The molecule has 192 valence electrons. The average Bonchev–Trinajstić information content (AvgIpc) is 3.24. The number of nitrogens with one attached hydrogen (secondary N) is 1. The molecule has 0 radical (unpaired) electrons. The Hall–Kier alpha value is -2.28. The first kappa shape index (κ1) is 27.3. The Labute approximate surface area is 212 Å². The van der Waals surface area contributed by atoms with Crippen molar-refractivity contribution >= 4 is 49.9 Å². The predicted octanol–water partition coefficient (Wildman–Crippen LogP) is 4.42. The molecule has 0 spiro atoms. The summed E-state index contributed by atoms with van der Waals surface area (Å²) < 4.78 is 42.9. The average molecular weight is 548 g/mol. The molecule has 2 aromatic rings. The van der Waals surface area contributed by atoms with Crippen molar-refractivity contribution in [1.82, 2.24) is 9.88 Å². The number of hydrogen-bond donors (Lipinski definition) is 2. The fourth-order valence-electron chi connectivity index (χ4n) is 3.85. The van der Waals surface area contributed by atoms with E-state index in [4.69, 9.17) is 21.4 Å². The number of amides is 2. The van der Waals surface area contributed by atoms with Crippen LogP contribution in [0.15, 0.2) is 28.6 Å². The lowest BCUT2D eigenvalue weighted by molar-refractivity contribution is -0.134. The van der Waals surface area contributed by atoms with Crippen molar-refractivity contribution < 1.29 is 32.2 Å². The van der Waals surface area contributed by atoms with Crippen LogP contribution in [0.5, 0.6) is 0 Å². The largest absolute Gasteiger partial charge is 0.480 e. The van der Waals surface area contributed by atoms with Crippen LogP contribution in [-0.4, -0.2) is 60.4 Å². The van der Waals surface area contributed by atoms with Gasteiger partial charge in [-0.25, -0.2) is 22.6 Å². The van der Waals surface area contributed by atoms with Gasteiger partial charge in [-0.15, -0.1) is 0 Å². The number of carboxylic acids is 1. The van der Waals surface area contributed by atoms with Crippen LogP contribution in [-0.2, 0) is 26.0 Å². The number of carbonyl (C=O) groups is 2. The van der Waals surface area contributed by atoms with Crippen LogP contribution in [0.25, 0.3) is 0 Å². The number of aliphatic carboxylic acids is 1. The molecule has 0 bridgehead atoms. The standard InChI is InChI=1S/C22H27ClFN3O6S2/c1-14-2-6-17(7-3-14)27(8-9-33-12-15-4-5-16(24)10-18(15)23)22(30)26-21-25-11-20(34-21)35(31,32)13-19(28)29/h4-5,10-11,14,17H,2-3,6-9,12-13H2,1H3,(H,28,29)(H,25,26,30).